The maximum Gasteiger partial charge on any atom is 0.240 e. The number of nitrogens with one attached hydrogen (secondary N) is 2. The van der Waals surface area contributed by atoms with Gasteiger partial charge in [0.2, 0.25) is 11.8 Å². The molecule has 0 unspecified atom stereocenters. The van der Waals surface area contributed by atoms with Gasteiger partial charge < -0.3 is 10.6 Å². The van der Waals surface area contributed by atoms with Crippen LogP contribution in [-0.4, -0.2) is 28.8 Å². The molecular formula is C19H18ClN3O2S. The Morgan fingerprint density at radius 3 is 2.65 bits per heavy atom. The molecule has 5 nitrogen and oxygen atoms in total. The number of para-hydroxylation sites is 1. The highest BCUT2D eigenvalue weighted by atomic mass is 35.5. The smallest absolute Gasteiger partial charge is 0.240 e. The van der Waals surface area contributed by atoms with E-state index in [1.807, 2.05) is 30.3 Å². The van der Waals surface area contributed by atoms with E-state index in [9.17, 15) is 9.59 Å². The molecule has 1 fully saturated rings. The van der Waals surface area contributed by atoms with Crippen molar-refractivity contribution in [2.24, 2.45) is 4.99 Å². The molecule has 3 rings (SSSR count). The molecule has 2 N–H and O–H groups in total. The van der Waals surface area contributed by atoms with E-state index in [2.05, 4.69) is 15.6 Å². The van der Waals surface area contributed by atoms with Crippen LogP contribution in [0.5, 0.6) is 0 Å². The number of carbonyl (C=O) groups excluding carboxylic acids is 2. The maximum absolute atomic E-state index is 12.2. The summed E-state index contributed by atoms with van der Waals surface area (Å²) < 4.78 is 0. The first-order chi connectivity index (χ1) is 12.6. The second-order valence-corrected chi connectivity index (χ2v) is 7.35. The van der Waals surface area contributed by atoms with Crippen molar-refractivity contribution in [2.75, 3.05) is 11.9 Å². The van der Waals surface area contributed by atoms with Crippen LogP contribution in [0.1, 0.15) is 12.0 Å². The van der Waals surface area contributed by atoms with Crippen LogP contribution in [0.15, 0.2) is 59.6 Å². The van der Waals surface area contributed by atoms with Gasteiger partial charge in [0.25, 0.3) is 0 Å². The van der Waals surface area contributed by atoms with Crippen molar-refractivity contribution in [1.29, 1.82) is 0 Å². The number of aliphatic imine (C=N–C) groups is 1. The lowest BCUT2D eigenvalue weighted by molar-refractivity contribution is -0.122. The van der Waals surface area contributed by atoms with E-state index in [4.69, 9.17) is 11.6 Å². The Hall–Kier alpha value is -2.31. The van der Waals surface area contributed by atoms with Crippen molar-refractivity contribution in [3.63, 3.8) is 0 Å². The molecule has 1 atom stereocenters. The number of nitrogens with zero attached hydrogens (tertiary/aromatic N) is 1. The molecular weight excluding hydrogens is 370 g/mol. The third-order valence-corrected chi connectivity index (χ3v) is 5.24. The van der Waals surface area contributed by atoms with Gasteiger partial charge in [-0.2, -0.15) is 0 Å². The summed E-state index contributed by atoms with van der Waals surface area (Å²) in [5.41, 5.74) is 1.74. The third kappa shape index (κ3) is 5.09. The van der Waals surface area contributed by atoms with E-state index in [0.717, 1.165) is 6.42 Å². The zero-order valence-electron chi connectivity index (χ0n) is 13.9. The van der Waals surface area contributed by atoms with Gasteiger partial charge in [-0.3, -0.25) is 14.6 Å². The molecule has 1 saturated heterocycles. The largest absolute Gasteiger partial charge is 0.325 e. The first kappa shape index (κ1) is 18.5. The molecule has 134 valence electrons. The summed E-state index contributed by atoms with van der Waals surface area (Å²) in [6.45, 7) is 0.588. The van der Waals surface area contributed by atoms with E-state index in [1.54, 1.807) is 24.3 Å². The molecule has 1 aliphatic rings. The number of amidine groups is 1. The lowest BCUT2D eigenvalue weighted by Crippen LogP contribution is -2.28. The minimum Gasteiger partial charge on any atom is -0.325 e. The van der Waals surface area contributed by atoms with E-state index in [0.29, 0.717) is 22.4 Å². The number of carbonyl (C=O) groups is 2. The molecule has 1 heterocycles. The Kier molecular flexibility index (Phi) is 6.30. The highest BCUT2D eigenvalue weighted by molar-refractivity contribution is 8.15. The minimum absolute atomic E-state index is 0.0689. The molecule has 0 aromatic heterocycles. The van der Waals surface area contributed by atoms with Crippen molar-refractivity contribution in [1.82, 2.24) is 5.32 Å². The molecule has 2 amide bonds. The molecule has 1 aliphatic heterocycles. The van der Waals surface area contributed by atoms with Crippen LogP contribution in [-0.2, 0) is 16.0 Å². The van der Waals surface area contributed by atoms with E-state index < -0.39 is 5.25 Å². The summed E-state index contributed by atoms with van der Waals surface area (Å²) in [7, 11) is 0. The molecule has 7 heteroatoms. The van der Waals surface area contributed by atoms with Gasteiger partial charge in [-0.1, -0.05) is 65.8 Å². The van der Waals surface area contributed by atoms with Gasteiger partial charge in [-0.25, -0.2) is 0 Å². The molecule has 0 spiro atoms. The monoisotopic (exact) mass is 387 g/mol. The first-order valence-electron chi connectivity index (χ1n) is 8.22. The van der Waals surface area contributed by atoms with Crippen molar-refractivity contribution in [2.45, 2.75) is 18.1 Å². The number of rotatable bonds is 6. The van der Waals surface area contributed by atoms with Crippen LogP contribution < -0.4 is 10.6 Å². The predicted octanol–water partition coefficient (Wildman–Crippen LogP) is 3.50. The van der Waals surface area contributed by atoms with Crippen LogP contribution in [0.3, 0.4) is 0 Å². The van der Waals surface area contributed by atoms with Gasteiger partial charge in [0.15, 0.2) is 5.17 Å². The van der Waals surface area contributed by atoms with Crippen LogP contribution in [0.2, 0.25) is 5.02 Å². The number of halogens is 1. The second-order valence-electron chi connectivity index (χ2n) is 5.75. The van der Waals surface area contributed by atoms with Crippen molar-refractivity contribution < 1.29 is 9.59 Å². The van der Waals surface area contributed by atoms with Crippen LogP contribution >= 0.6 is 23.4 Å². The van der Waals surface area contributed by atoms with E-state index >= 15 is 0 Å². The summed E-state index contributed by atoms with van der Waals surface area (Å²) in [6, 6.07) is 17.0. The number of hydrogen-bond donors (Lipinski definition) is 2. The summed E-state index contributed by atoms with van der Waals surface area (Å²) in [5, 5.41) is 6.03. The molecule has 26 heavy (non-hydrogen) atoms. The predicted molar refractivity (Wildman–Crippen MR) is 107 cm³/mol. The fourth-order valence-corrected chi connectivity index (χ4v) is 3.66. The maximum atomic E-state index is 12.2. The number of anilines is 1. The van der Waals surface area contributed by atoms with Crippen molar-refractivity contribution in [3.8, 4) is 0 Å². The average Bonchev–Trinajstić information content (AvgIpc) is 2.97. The highest BCUT2D eigenvalue weighted by Gasteiger charge is 2.32. The summed E-state index contributed by atoms with van der Waals surface area (Å²) in [5.74, 6) is -0.445. The Labute approximate surface area is 161 Å². The number of thioether (sulfide) groups is 1. The van der Waals surface area contributed by atoms with Gasteiger partial charge in [0.05, 0.1) is 10.7 Å². The van der Waals surface area contributed by atoms with Crippen LogP contribution in [0, 0.1) is 0 Å². The number of hydrogen-bond acceptors (Lipinski definition) is 4. The topological polar surface area (TPSA) is 70.6 Å². The summed E-state index contributed by atoms with van der Waals surface area (Å²) in [6.07, 6.45) is 0.873. The fourth-order valence-electron chi connectivity index (χ4n) is 2.48. The average molecular weight is 388 g/mol. The first-order valence-corrected chi connectivity index (χ1v) is 9.48. The lowest BCUT2D eigenvalue weighted by Gasteiger charge is -2.08. The standard InChI is InChI=1S/C19H18ClN3O2S/c20-14-8-4-5-9-15(14)22-17(24)12-16-18(25)23-19(26-16)21-11-10-13-6-2-1-3-7-13/h1-9,16H,10-12H2,(H,22,24)(H,21,23,25)/t16-/m1/s1. The van der Waals surface area contributed by atoms with Gasteiger partial charge in [0, 0.05) is 13.0 Å². The zero-order valence-corrected chi connectivity index (χ0v) is 15.5. The summed E-state index contributed by atoms with van der Waals surface area (Å²) >= 11 is 7.32. The molecule has 0 radical (unpaired) electrons. The normalized spacial score (nSPS) is 18.0. The molecule has 2 aromatic carbocycles. The lowest BCUT2D eigenvalue weighted by atomic mass is 10.2. The fraction of sp³-hybridized carbons (Fsp3) is 0.211. The zero-order chi connectivity index (χ0) is 18.4. The number of benzene rings is 2. The van der Waals surface area contributed by atoms with Gasteiger partial charge >= 0.3 is 0 Å². The summed E-state index contributed by atoms with van der Waals surface area (Å²) in [4.78, 5) is 28.6. The van der Waals surface area contributed by atoms with E-state index in [-0.39, 0.29) is 18.2 Å². The molecule has 2 aromatic rings. The third-order valence-electron chi connectivity index (χ3n) is 3.79. The van der Waals surface area contributed by atoms with Gasteiger partial charge in [0.1, 0.15) is 5.25 Å². The SMILES string of the molecule is O=C(C[C@H]1SC(=NCCc2ccccc2)NC1=O)Nc1ccccc1Cl. The minimum atomic E-state index is -0.479. The number of amides is 2. The Morgan fingerprint density at radius 1 is 1.15 bits per heavy atom. The van der Waals surface area contributed by atoms with Crippen molar-refractivity contribution >= 4 is 46.0 Å². The Balaban J connectivity index is 1.50. The van der Waals surface area contributed by atoms with Crippen LogP contribution in [0.25, 0.3) is 0 Å². The van der Waals surface area contributed by atoms with Gasteiger partial charge in [-0.15, -0.1) is 0 Å². The molecule has 0 bridgehead atoms. The second kappa shape index (κ2) is 8.87. The van der Waals surface area contributed by atoms with E-state index in [1.165, 1.54) is 17.3 Å². The highest BCUT2D eigenvalue weighted by Crippen LogP contribution is 2.25. The molecule has 0 aliphatic carbocycles. The molecule has 0 saturated carbocycles. The Morgan fingerprint density at radius 2 is 1.88 bits per heavy atom. The van der Waals surface area contributed by atoms with Crippen LogP contribution in [0.4, 0.5) is 5.69 Å². The van der Waals surface area contributed by atoms with Crippen molar-refractivity contribution in [3.05, 3.63) is 65.2 Å². The van der Waals surface area contributed by atoms with Gasteiger partial charge in [-0.05, 0) is 24.1 Å². The Bertz CT molecular complexity index is 827. The quantitative estimate of drug-likeness (QED) is 0.796.